The standard InChI is InChI=1S/C12H20.H3O4P/c1-8-11-4-9-3-10(5-11)7-12(8,2)6-9;1-5(2,3)4/h8-11H,3-7H2,1-2H3;(H3,1,2,3,4). The van der Waals surface area contributed by atoms with Gasteiger partial charge >= 0.3 is 7.82 Å². The van der Waals surface area contributed by atoms with Gasteiger partial charge in [0.25, 0.3) is 0 Å². The molecule has 3 atom stereocenters. The summed E-state index contributed by atoms with van der Waals surface area (Å²) in [6.07, 6.45) is 7.85. The van der Waals surface area contributed by atoms with Crippen molar-refractivity contribution in [1.82, 2.24) is 0 Å². The lowest BCUT2D eigenvalue weighted by atomic mass is 9.46. The molecule has 3 unspecified atom stereocenters. The molecule has 0 heterocycles. The monoisotopic (exact) mass is 262 g/mol. The largest absolute Gasteiger partial charge is 0.466 e. The van der Waals surface area contributed by atoms with E-state index in [1.54, 1.807) is 32.1 Å². The van der Waals surface area contributed by atoms with Gasteiger partial charge in [-0.25, -0.2) is 4.57 Å². The summed E-state index contributed by atoms with van der Waals surface area (Å²) in [6, 6.07) is 0. The smallest absolute Gasteiger partial charge is 0.303 e. The third kappa shape index (κ3) is 3.11. The molecule has 4 fully saturated rings. The van der Waals surface area contributed by atoms with Crippen molar-refractivity contribution in [1.29, 1.82) is 0 Å². The molecule has 0 spiro atoms. The van der Waals surface area contributed by atoms with Crippen LogP contribution in [-0.2, 0) is 4.57 Å². The Morgan fingerprint density at radius 3 is 1.82 bits per heavy atom. The van der Waals surface area contributed by atoms with Gasteiger partial charge in [0.15, 0.2) is 0 Å². The van der Waals surface area contributed by atoms with Crippen LogP contribution in [0.3, 0.4) is 0 Å². The first-order chi connectivity index (χ1) is 7.67. The minimum absolute atomic E-state index is 0.759. The first-order valence-electron chi connectivity index (χ1n) is 6.46. The second-order valence-corrected chi connectivity index (χ2v) is 7.59. The van der Waals surface area contributed by atoms with Crippen molar-refractivity contribution >= 4 is 7.82 Å². The maximum Gasteiger partial charge on any atom is 0.466 e. The topological polar surface area (TPSA) is 77.8 Å². The Hall–Kier alpha value is 0.110. The van der Waals surface area contributed by atoms with Crippen LogP contribution in [0.1, 0.15) is 46.0 Å². The van der Waals surface area contributed by atoms with Crippen LogP contribution in [0.5, 0.6) is 0 Å². The predicted molar refractivity (Wildman–Crippen MR) is 65.1 cm³/mol. The Balaban J connectivity index is 0.000000188. The molecule has 0 aromatic carbocycles. The third-order valence-electron chi connectivity index (χ3n) is 5.26. The normalized spacial score (nSPS) is 47.6. The van der Waals surface area contributed by atoms with Crippen LogP contribution in [0.2, 0.25) is 0 Å². The lowest BCUT2D eigenvalue weighted by Crippen LogP contribution is -2.50. The molecule has 4 aliphatic carbocycles. The molecule has 100 valence electrons. The lowest BCUT2D eigenvalue weighted by molar-refractivity contribution is -0.0906. The maximum absolute atomic E-state index is 8.88. The highest BCUT2D eigenvalue weighted by molar-refractivity contribution is 7.45. The van der Waals surface area contributed by atoms with Gasteiger partial charge in [-0.2, -0.15) is 0 Å². The molecular weight excluding hydrogens is 239 g/mol. The lowest BCUT2D eigenvalue weighted by Gasteiger charge is -2.59. The van der Waals surface area contributed by atoms with E-state index in [4.69, 9.17) is 19.2 Å². The quantitative estimate of drug-likeness (QED) is 0.586. The summed E-state index contributed by atoms with van der Waals surface area (Å²) in [6.45, 7) is 5.07. The van der Waals surface area contributed by atoms with Crippen molar-refractivity contribution in [3.8, 4) is 0 Å². The van der Waals surface area contributed by atoms with Crippen molar-refractivity contribution < 1.29 is 19.2 Å². The fourth-order valence-electron chi connectivity index (χ4n) is 4.70. The Kier molecular flexibility index (Phi) is 3.46. The molecule has 4 rings (SSSR count). The van der Waals surface area contributed by atoms with Crippen LogP contribution in [0.4, 0.5) is 0 Å². The first-order valence-corrected chi connectivity index (χ1v) is 8.02. The second-order valence-electron chi connectivity index (χ2n) is 6.56. The Morgan fingerprint density at radius 2 is 1.47 bits per heavy atom. The molecule has 4 bridgehead atoms. The summed E-state index contributed by atoms with van der Waals surface area (Å²) >= 11 is 0. The van der Waals surface area contributed by atoms with Gasteiger partial charge in [0.1, 0.15) is 0 Å². The zero-order chi connectivity index (χ0) is 12.8. The van der Waals surface area contributed by atoms with E-state index in [0.717, 1.165) is 29.1 Å². The van der Waals surface area contributed by atoms with Gasteiger partial charge in [-0.3, -0.25) is 0 Å². The molecule has 4 nitrogen and oxygen atoms in total. The van der Waals surface area contributed by atoms with Gasteiger partial charge in [0.05, 0.1) is 0 Å². The fraction of sp³-hybridized carbons (Fsp3) is 1.00. The molecule has 3 N–H and O–H groups in total. The number of hydrogen-bond donors (Lipinski definition) is 3. The van der Waals surface area contributed by atoms with Gasteiger partial charge in [-0.1, -0.05) is 13.8 Å². The molecule has 4 saturated carbocycles. The highest BCUT2D eigenvalue weighted by atomic mass is 31.2. The molecule has 0 aromatic heterocycles. The van der Waals surface area contributed by atoms with Crippen LogP contribution in [0.15, 0.2) is 0 Å². The van der Waals surface area contributed by atoms with Gasteiger partial charge in [0.2, 0.25) is 0 Å². The van der Waals surface area contributed by atoms with E-state index in [1.807, 2.05) is 0 Å². The first kappa shape index (κ1) is 13.5. The van der Waals surface area contributed by atoms with Crippen molar-refractivity contribution in [3.05, 3.63) is 0 Å². The van der Waals surface area contributed by atoms with Crippen molar-refractivity contribution in [3.63, 3.8) is 0 Å². The second kappa shape index (κ2) is 4.34. The van der Waals surface area contributed by atoms with Crippen LogP contribution in [-0.4, -0.2) is 14.7 Å². The van der Waals surface area contributed by atoms with Crippen LogP contribution >= 0.6 is 7.82 Å². The fourth-order valence-corrected chi connectivity index (χ4v) is 4.70. The summed E-state index contributed by atoms with van der Waals surface area (Å²) in [5.74, 6) is 4.40. The summed E-state index contributed by atoms with van der Waals surface area (Å²) in [4.78, 5) is 21.6. The van der Waals surface area contributed by atoms with E-state index in [2.05, 4.69) is 13.8 Å². The Bertz CT molecular complexity index is 315. The summed E-state index contributed by atoms with van der Waals surface area (Å²) < 4.78 is 8.88. The molecule has 0 aromatic rings. The minimum Gasteiger partial charge on any atom is -0.303 e. The highest BCUT2D eigenvalue weighted by Gasteiger charge is 2.52. The minimum atomic E-state index is -4.64. The SMILES string of the molecule is CC1C2CC3CC(C2)CC1(C)C3.O=P(O)(O)O. The average molecular weight is 262 g/mol. The van der Waals surface area contributed by atoms with Crippen LogP contribution in [0, 0.1) is 29.1 Å². The molecule has 0 amide bonds. The Morgan fingerprint density at radius 1 is 1.06 bits per heavy atom. The summed E-state index contributed by atoms with van der Waals surface area (Å²) in [7, 11) is -4.64. The van der Waals surface area contributed by atoms with Crippen molar-refractivity contribution in [2.24, 2.45) is 29.1 Å². The van der Waals surface area contributed by atoms with Gasteiger partial charge in [-0.05, 0) is 61.2 Å². The average Bonchev–Trinajstić information content (AvgIpc) is 2.09. The van der Waals surface area contributed by atoms with E-state index in [0.29, 0.717) is 0 Å². The van der Waals surface area contributed by atoms with Gasteiger partial charge in [-0.15, -0.1) is 0 Å². The Labute approximate surface area is 103 Å². The maximum atomic E-state index is 8.88. The molecule has 4 aliphatic rings. The van der Waals surface area contributed by atoms with Gasteiger partial charge < -0.3 is 14.7 Å². The molecule has 0 saturated heterocycles. The molecule has 0 aliphatic heterocycles. The molecular formula is C12H23O4P. The van der Waals surface area contributed by atoms with E-state index in [-0.39, 0.29) is 0 Å². The van der Waals surface area contributed by atoms with E-state index >= 15 is 0 Å². The van der Waals surface area contributed by atoms with Crippen molar-refractivity contribution in [2.75, 3.05) is 0 Å². The van der Waals surface area contributed by atoms with Gasteiger partial charge in [0, 0.05) is 0 Å². The number of phosphoric acid groups is 1. The van der Waals surface area contributed by atoms with Crippen LogP contribution in [0.25, 0.3) is 0 Å². The zero-order valence-corrected chi connectivity index (χ0v) is 11.4. The molecule has 17 heavy (non-hydrogen) atoms. The number of hydrogen-bond acceptors (Lipinski definition) is 1. The highest BCUT2D eigenvalue weighted by Crippen LogP contribution is 2.62. The molecule has 0 radical (unpaired) electrons. The molecule has 5 heteroatoms. The van der Waals surface area contributed by atoms with Crippen molar-refractivity contribution in [2.45, 2.75) is 46.0 Å². The summed E-state index contributed by atoms with van der Waals surface area (Å²) in [5, 5.41) is 0. The number of rotatable bonds is 0. The third-order valence-corrected chi connectivity index (χ3v) is 5.26. The van der Waals surface area contributed by atoms with Crippen LogP contribution < -0.4 is 0 Å². The van der Waals surface area contributed by atoms with E-state index in [1.165, 1.54) is 0 Å². The van der Waals surface area contributed by atoms with E-state index in [9.17, 15) is 0 Å². The predicted octanol–water partition coefficient (Wildman–Crippen LogP) is 2.54. The zero-order valence-electron chi connectivity index (χ0n) is 10.5. The van der Waals surface area contributed by atoms with E-state index < -0.39 is 7.82 Å². The summed E-state index contributed by atoms with van der Waals surface area (Å²) in [5.41, 5.74) is 0.759.